The van der Waals surface area contributed by atoms with E-state index in [-0.39, 0.29) is 90.2 Å². The third kappa shape index (κ3) is 12.9. The van der Waals surface area contributed by atoms with Gasteiger partial charge in [0.15, 0.2) is 5.41 Å². The monoisotopic (exact) mass is 350 g/mol. The maximum Gasteiger partial charge on any atom is 1.00 e. The van der Waals surface area contributed by atoms with Crippen LogP contribution in [0.1, 0.15) is 87.3 Å². The van der Waals surface area contributed by atoms with E-state index in [1.54, 1.807) is 0 Å². The van der Waals surface area contributed by atoms with Crippen LogP contribution >= 0.6 is 0 Å². The molecule has 0 atom stereocenters. The zero-order valence-corrected chi connectivity index (χ0v) is 20.1. The molecule has 0 aliphatic rings. The molecule has 6 heteroatoms. The maximum absolute atomic E-state index is 11.0. The first kappa shape index (κ1) is 28.4. The summed E-state index contributed by atoms with van der Waals surface area (Å²) in [6.45, 7) is 3.51. The summed E-state index contributed by atoms with van der Waals surface area (Å²) in [5.74, 6) is -2.47. The quantitative estimate of drug-likeness (QED) is 0.246. The summed E-state index contributed by atoms with van der Waals surface area (Å²) in [6, 6.07) is 0. The van der Waals surface area contributed by atoms with Gasteiger partial charge in [-0.05, 0) is 13.3 Å². The van der Waals surface area contributed by atoms with Crippen LogP contribution in [-0.2, 0) is 9.59 Å². The Kier molecular flexibility index (Phi) is 22.4. The van der Waals surface area contributed by atoms with Gasteiger partial charge >= 0.3 is 92.9 Å². The van der Waals surface area contributed by atoms with E-state index >= 15 is 0 Å². The molecule has 0 radical (unpaired) electrons. The second-order valence-corrected chi connectivity index (χ2v) is 5.87. The van der Waals surface area contributed by atoms with Crippen molar-refractivity contribution in [3.05, 3.63) is 0 Å². The summed E-state index contributed by atoms with van der Waals surface area (Å²) < 4.78 is 0. The van der Waals surface area contributed by atoms with E-state index < -0.39 is 17.4 Å². The van der Waals surface area contributed by atoms with Crippen LogP contribution in [0.3, 0.4) is 0 Å². The number of carbonyl (C=O) groups is 2. The molecular formula is C16H32KNaO4. The van der Waals surface area contributed by atoms with Crippen molar-refractivity contribution in [3.63, 3.8) is 0 Å². The second kappa shape index (κ2) is 17.4. The molecule has 0 spiro atoms. The average Bonchev–Trinajstić information content (AvgIpc) is 2.40. The van der Waals surface area contributed by atoms with Gasteiger partial charge in [0.25, 0.3) is 0 Å². The number of hydrogen-bond donors (Lipinski definition) is 2. The number of hydrogen-bond acceptors (Lipinski definition) is 2. The number of carboxylic acid groups (broad SMARTS) is 2. The van der Waals surface area contributed by atoms with E-state index in [0.717, 1.165) is 12.8 Å². The van der Waals surface area contributed by atoms with E-state index in [2.05, 4.69) is 6.92 Å². The summed E-state index contributed by atoms with van der Waals surface area (Å²) in [5.41, 5.74) is -1.62. The standard InChI is InChI=1S/C16H30O4.K.Na.2H/c1-3-4-5-6-7-8-9-10-11-12-13-16(2,14(17)18)15(19)20;;;;/h3-13H2,1-2H3,(H,17,18)(H,19,20);;;;/q;2*+1;2*-1. The van der Waals surface area contributed by atoms with Crippen LogP contribution in [0, 0.1) is 5.41 Å². The first-order chi connectivity index (χ1) is 9.45. The van der Waals surface area contributed by atoms with Gasteiger partial charge in [-0.3, -0.25) is 9.59 Å². The predicted molar refractivity (Wildman–Crippen MR) is 82.1 cm³/mol. The summed E-state index contributed by atoms with van der Waals surface area (Å²) >= 11 is 0. The van der Waals surface area contributed by atoms with Crippen molar-refractivity contribution < 1.29 is 104 Å². The first-order valence-corrected chi connectivity index (χ1v) is 7.92. The van der Waals surface area contributed by atoms with Crippen molar-refractivity contribution in [1.29, 1.82) is 0 Å². The van der Waals surface area contributed by atoms with Gasteiger partial charge in [-0.2, -0.15) is 0 Å². The third-order valence-corrected chi connectivity index (χ3v) is 3.97. The maximum atomic E-state index is 11.0. The largest absolute Gasteiger partial charge is 1.00 e. The van der Waals surface area contributed by atoms with Crippen LogP contribution in [-0.4, -0.2) is 22.2 Å². The molecule has 4 nitrogen and oxygen atoms in total. The number of carboxylic acids is 2. The normalized spacial score (nSPS) is 10.5. The van der Waals surface area contributed by atoms with Gasteiger partial charge < -0.3 is 13.1 Å². The summed E-state index contributed by atoms with van der Waals surface area (Å²) in [6.07, 6.45) is 11.8. The molecular weight excluding hydrogens is 318 g/mol. The van der Waals surface area contributed by atoms with E-state index in [0.29, 0.717) is 6.42 Å². The van der Waals surface area contributed by atoms with E-state index in [9.17, 15) is 9.59 Å². The Morgan fingerprint density at radius 1 is 0.818 bits per heavy atom. The van der Waals surface area contributed by atoms with E-state index in [1.807, 2.05) is 0 Å². The number of aliphatic carboxylic acids is 2. The van der Waals surface area contributed by atoms with Crippen LogP contribution in [0.5, 0.6) is 0 Å². The molecule has 0 rings (SSSR count). The second-order valence-electron chi connectivity index (χ2n) is 5.87. The van der Waals surface area contributed by atoms with Crippen LogP contribution < -0.4 is 80.9 Å². The van der Waals surface area contributed by atoms with Gasteiger partial charge in [0, 0.05) is 0 Å². The Morgan fingerprint density at radius 3 is 1.45 bits per heavy atom. The van der Waals surface area contributed by atoms with Gasteiger partial charge in [-0.1, -0.05) is 71.1 Å². The molecule has 0 heterocycles. The molecule has 0 bridgehead atoms. The molecule has 0 unspecified atom stereocenters. The molecule has 0 aromatic heterocycles. The number of rotatable bonds is 13. The summed E-state index contributed by atoms with van der Waals surface area (Å²) in [7, 11) is 0. The summed E-state index contributed by atoms with van der Waals surface area (Å²) in [5, 5.41) is 17.9. The molecule has 22 heavy (non-hydrogen) atoms. The van der Waals surface area contributed by atoms with Gasteiger partial charge in [0.1, 0.15) is 0 Å². The number of unbranched alkanes of at least 4 members (excludes halogenated alkanes) is 9. The fraction of sp³-hybridized carbons (Fsp3) is 0.875. The minimum Gasteiger partial charge on any atom is -1.00 e. The van der Waals surface area contributed by atoms with Crippen LogP contribution in [0.25, 0.3) is 0 Å². The van der Waals surface area contributed by atoms with Gasteiger partial charge in [-0.15, -0.1) is 0 Å². The topological polar surface area (TPSA) is 74.6 Å². The minimum absolute atomic E-state index is 0. The van der Waals surface area contributed by atoms with Crippen molar-refractivity contribution in [3.8, 4) is 0 Å². The molecule has 0 aromatic rings. The van der Waals surface area contributed by atoms with Crippen molar-refractivity contribution >= 4 is 11.9 Å². The van der Waals surface area contributed by atoms with Crippen LogP contribution in [0.4, 0.5) is 0 Å². The molecule has 0 aliphatic heterocycles. The van der Waals surface area contributed by atoms with E-state index in [1.165, 1.54) is 51.9 Å². The Balaban J connectivity index is -0.000000301. The first-order valence-electron chi connectivity index (χ1n) is 7.92. The Morgan fingerprint density at radius 2 is 1.14 bits per heavy atom. The van der Waals surface area contributed by atoms with Crippen LogP contribution in [0.15, 0.2) is 0 Å². The molecule has 2 N–H and O–H groups in total. The van der Waals surface area contributed by atoms with Crippen molar-refractivity contribution in [2.75, 3.05) is 0 Å². The van der Waals surface area contributed by atoms with Crippen molar-refractivity contribution in [2.24, 2.45) is 5.41 Å². The van der Waals surface area contributed by atoms with E-state index in [4.69, 9.17) is 10.2 Å². The molecule has 0 aromatic carbocycles. The summed E-state index contributed by atoms with van der Waals surface area (Å²) in [4.78, 5) is 21.9. The van der Waals surface area contributed by atoms with Gasteiger partial charge in [0.05, 0.1) is 0 Å². The zero-order valence-electron chi connectivity index (χ0n) is 17.0. The van der Waals surface area contributed by atoms with Crippen molar-refractivity contribution in [1.82, 2.24) is 0 Å². The van der Waals surface area contributed by atoms with Crippen LogP contribution in [0.2, 0.25) is 0 Å². The third-order valence-electron chi connectivity index (χ3n) is 3.97. The molecule has 0 amide bonds. The smallest absolute Gasteiger partial charge is 1.00 e. The Labute approximate surface area is 202 Å². The average molecular weight is 351 g/mol. The zero-order chi connectivity index (χ0) is 15.4. The van der Waals surface area contributed by atoms with Gasteiger partial charge in [-0.25, -0.2) is 0 Å². The Bertz CT molecular complexity index is 294. The fourth-order valence-electron chi connectivity index (χ4n) is 2.27. The predicted octanol–water partition coefficient (Wildman–Crippen LogP) is -1.29. The van der Waals surface area contributed by atoms with Gasteiger partial charge in [0.2, 0.25) is 0 Å². The molecule has 0 saturated heterocycles. The van der Waals surface area contributed by atoms with Crippen molar-refractivity contribution in [2.45, 2.75) is 84.5 Å². The molecule has 122 valence electrons. The Hall–Kier alpha value is 1.58. The SMILES string of the molecule is CCCCCCCCCCCCC(C)(C(=O)O)C(=O)O.[H-].[H-].[K+].[Na+]. The molecule has 0 saturated carbocycles. The minimum atomic E-state index is -1.62. The fourth-order valence-corrected chi connectivity index (χ4v) is 2.27. The molecule has 0 aliphatic carbocycles. The molecule has 0 fully saturated rings.